The summed E-state index contributed by atoms with van der Waals surface area (Å²) >= 11 is 0. The fraction of sp³-hybridized carbons (Fsp3) is 0.409. The van der Waals surface area contributed by atoms with Crippen LogP contribution in [-0.4, -0.2) is 25.1 Å². The van der Waals surface area contributed by atoms with Crippen LogP contribution in [0.2, 0.25) is 0 Å². The quantitative estimate of drug-likeness (QED) is 0.827. The fourth-order valence-electron chi connectivity index (χ4n) is 3.21. The molecule has 26 heavy (non-hydrogen) atoms. The van der Waals surface area contributed by atoms with Gasteiger partial charge in [0.25, 0.3) is 5.91 Å². The van der Waals surface area contributed by atoms with E-state index in [0.717, 1.165) is 24.7 Å². The lowest BCUT2D eigenvalue weighted by molar-refractivity contribution is 0.102. The zero-order valence-electron chi connectivity index (χ0n) is 15.9. The molecule has 0 atom stereocenters. The maximum atomic E-state index is 12.5. The number of nitrogens with one attached hydrogen (secondary N) is 1. The Bertz CT molecular complexity index is 732. The van der Waals surface area contributed by atoms with Gasteiger partial charge in [0.05, 0.1) is 6.10 Å². The number of carbonyl (C=O) groups is 1. The molecule has 1 saturated heterocycles. The summed E-state index contributed by atoms with van der Waals surface area (Å²) in [7, 11) is 0. The molecule has 0 aromatic heterocycles. The second kappa shape index (κ2) is 8.26. The molecule has 4 nitrogen and oxygen atoms in total. The minimum absolute atomic E-state index is 0.0821. The van der Waals surface area contributed by atoms with E-state index < -0.39 is 0 Å². The molecule has 2 aromatic carbocycles. The molecule has 1 N–H and O–H groups in total. The van der Waals surface area contributed by atoms with E-state index in [1.165, 1.54) is 18.5 Å². The molecule has 0 radical (unpaired) electrons. The van der Waals surface area contributed by atoms with E-state index in [2.05, 4.69) is 29.3 Å². The van der Waals surface area contributed by atoms with Gasteiger partial charge in [0.15, 0.2) is 0 Å². The number of hydrogen-bond acceptors (Lipinski definition) is 3. The molecule has 0 aliphatic carbocycles. The first-order chi connectivity index (χ1) is 12.5. The number of carbonyl (C=O) groups excluding carboxylic acids is 1. The van der Waals surface area contributed by atoms with Gasteiger partial charge >= 0.3 is 0 Å². The molecule has 0 unspecified atom stereocenters. The molecular weight excluding hydrogens is 324 g/mol. The number of benzene rings is 2. The van der Waals surface area contributed by atoms with Gasteiger partial charge in [-0.1, -0.05) is 13.0 Å². The SMILES string of the molecule is CC1CCN(c2ccc(NC(=O)c3cccc(OC(C)C)c3)cc2)CC1. The van der Waals surface area contributed by atoms with E-state index >= 15 is 0 Å². The average Bonchev–Trinajstić information content (AvgIpc) is 2.63. The molecule has 3 rings (SSSR count). The Balaban J connectivity index is 1.63. The van der Waals surface area contributed by atoms with E-state index in [1.807, 2.05) is 38.1 Å². The van der Waals surface area contributed by atoms with Crippen molar-refractivity contribution in [3.05, 3.63) is 54.1 Å². The van der Waals surface area contributed by atoms with Crippen molar-refractivity contribution < 1.29 is 9.53 Å². The average molecular weight is 352 g/mol. The van der Waals surface area contributed by atoms with Gasteiger partial charge in [-0.2, -0.15) is 0 Å². The highest BCUT2D eigenvalue weighted by molar-refractivity contribution is 6.04. The highest BCUT2D eigenvalue weighted by Crippen LogP contribution is 2.24. The number of piperidine rings is 1. The van der Waals surface area contributed by atoms with Crippen molar-refractivity contribution in [2.45, 2.75) is 39.7 Å². The molecular formula is C22H28N2O2. The lowest BCUT2D eigenvalue weighted by Gasteiger charge is -2.32. The van der Waals surface area contributed by atoms with Gasteiger partial charge in [0.2, 0.25) is 0 Å². The minimum Gasteiger partial charge on any atom is -0.491 e. The summed E-state index contributed by atoms with van der Waals surface area (Å²) in [5, 5.41) is 2.96. The second-order valence-electron chi connectivity index (χ2n) is 7.37. The highest BCUT2D eigenvalue weighted by Gasteiger charge is 2.16. The van der Waals surface area contributed by atoms with Gasteiger partial charge in [-0.05, 0) is 75.1 Å². The van der Waals surface area contributed by atoms with E-state index in [9.17, 15) is 4.79 Å². The number of anilines is 2. The molecule has 2 aromatic rings. The predicted molar refractivity (Wildman–Crippen MR) is 107 cm³/mol. The molecule has 1 heterocycles. The molecule has 1 aliphatic heterocycles. The monoisotopic (exact) mass is 352 g/mol. The fourth-order valence-corrected chi connectivity index (χ4v) is 3.21. The third kappa shape index (κ3) is 4.78. The summed E-state index contributed by atoms with van der Waals surface area (Å²) in [4.78, 5) is 14.9. The first-order valence-electron chi connectivity index (χ1n) is 9.44. The van der Waals surface area contributed by atoms with Crippen LogP contribution < -0.4 is 15.0 Å². The van der Waals surface area contributed by atoms with Crippen LogP contribution in [0, 0.1) is 5.92 Å². The van der Waals surface area contributed by atoms with Crippen molar-refractivity contribution in [2.24, 2.45) is 5.92 Å². The molecule has 4 heteroatoms. The predicted octanol–water partition coefficient (Wildman–Crippen LogP) is 4.96. The molecule has 0 saturated carbocycles. The van der Waals surface area contributed by atoms with Gasteiger partial charge in [-0.15, -0.1) is 0 Å². The lowest BCUT2D eigenvalue weighted by atomic mass is 9.99. The molecule has 0 bridgehead atoms. The van der Waals surface area contributed by atoms with Gasteiger partial charge in [0.1, 0.15) is 5.75 Å². The summed E-state index contributed by atoms with van der Waals surface area (Å²) in [6.07, 6.45) is 2.57. The summed E-state index contributed by atoms with van der Waals surface area (Å²) < 4.78 is 5.66. The summed E-state index contributed by atoms with van der Waals surface area (Å²) in [5.74, 6) is 1.40. The van der Waals surface area contributed by atoms with Crippen LogP contribution in [0.4, 0.5) is 11.4 Å². The van der Waals surface area contributed by atoms with Crippen molar-refractivity contribution >= 4 is 17.3 Å². The van der Waals surface area contributed by atoms with Crippen LogP contribution in [0.5, 0.6) is 5.75 Å². The number of rotatable bonds is 5. The van der Waals surface area contributed by atoms with Crippen LogP contribution in [0.15, 0.2) is 48.5 Å². The van der Waals surface area contributed by atoms with Crippen molar-refractivity contribution in [1.29, 1.82) is 0 Å². The first-order valence-corrected chi connectivity index (χ1v) is 9.44. The number of hydrogen-bond donors (Lipinski definition) is 1. The van der Waals surface area contributed by atoms with Crippen LogP contribution in [0.1, 0.15) is 44.0 Å². The Morgan fingerprint density at radius 2 is 1.81 bits per heavy atom. The van der Waals surface area contributed by atoms with E-state index in [0.29, 0.717) is 11.3 Å². The highest BCUT2D eigenvalue weighted by atomic mass is 16.5. The summed E-state index contributed by atoms with van der Waals surface area (Å²) in [6.45, 7) is 8.47. The molecule has 138 valence electrons. The maximum absolute atomic E-state index is 12.5. The largest absolute Gasteiger partial charge is 0.491 e. The van der Waals surface area contributed by atoms with Gasteiger partial charge in [-0.3, -0.25) is 4.79 Å². The standard InChI is InChI=1S/C22H28N2O2/c1-16(2)26-21-6-4-5-18(15-21)22(25)23-19-7-9-20(10-8-19)24-13-11-17(3)12-14-24/h4-10,15-17H,11-14H2,1-3H3,(H,23,25). The second-order valence-corrected chi connectivity index (χ2v) is 7.37. The van der Waals surface area contributed by atoms with Crippen molar-refractivity contribution in [3.63, 3.8) is 0 Å². The van der Waals surface area contributed by atoms with E-state index in [-0.39, 0.29) is 12.0 Å². The minimum atomic E-state index is -0.126. The Morgan fingerprint density at radius 3 is 2.46 bits per heavy atom. The van der Waals surface area contributed by atoms with E-state index in [4.69, 9.17) is 4.74 Å². The smallest absolute Gasteiger partial charge is 0.255 e. The molecule has 1 amide bonds. The maximum Gasteiger partial charge on any atom is 0.255 e. The normalized spacial score (nSPS) is 15.2. The first kappa shape index (κ1) is 18.3. The molecule has 1 fully saturated rings. The van der Waals surface area contributed by atoms with Crippen molar-refractivity contribution in [1.82, 2.24) is 0 Å². The Labute approximate surface area is 156 Å². The Morgan fingerprint density at radius 1 is 1.12 bits per heavy atom. The number of ether oxygens (including phenoxy) is 1. The van der Waals surface area contributed by atoms with Crippen molar-refractivity contribution in [2.75, 3.05) is 23.3 Å². The Kier molecular flexibility index (Phi) is 5.82. The van der Waals surface area contributed by atoms with Gasteiger partial charge in [0, 0.05) is 30.0 Å². The van der Waals surface area contributed by atoms with Crippen LogP contribution in [-0.2, 0) is 0 Å². The number of amides is 1. The summed E-state index contributed by atoms with van der Waals surface area (Å²) in [6, 6.07) is 15.4. The molecule has 1 aliphatic rings. The van der Waals surface area contributed by atoms with Crippen molar-refractivity contribution in [3.8, 4) is 5.75 Å². The topological polar surface area (TPSA) is 41.6 Å². The third-order valence-corrected chi connectivity index (χ3v) is 4.74. The van der Waals surface area contributed by atoms with Crippen LogP contribution in [0.3, 0.4) is 0 Å². The number of nitrogens with zero attached hydrogens (tertiary/aromatic N) is 1. The molecule has 0 spiro atoms. The third-order valence-electron chi connectivity index (χ3n) is 4.74. The van der Waals surface area contributed by atoms with Crippen LogP contribution in [0.25, 0.3) is 0 Å². The lowest BCUT2D eigenvalue weighted by Crippen LogP contribution is -2.32. The van der Waals surface area contributed by atoms with E-state index in [1.54, 1.807) is 12.1 Å². The zero-order chi connectivity index (χ0) is 18.5. The summed E-state index contributed by atoms with van der Waals surface area (Å²) in [5.41, 5.74) is 2.62. The van der Waals surface area contributed by atoms with Crippen LogP contribution >= 0.6 is 0 Å². The van der Waals surface area contributed by atoms with Gasteiger partial charge < -0.3 is 15.0 Å². The Hall–Kier alpha value is -2.49. The zero-order valence-corrected chi connectivity index (χ0v) is 15.9. The van der Waals surface area contributed by atoms with Gasteiger partial charge in [-0.25, -0.2) is 0 Å².